The van der Waals surface area contributed by atoms with E-state index in [2.05, 4.69) is 75.2 Å². The van der Waals surface area contributed by atoms with E-state index in [0.717, 1.165) is 25.3 Å². The van der Waals surface area contributed by atoms with Crippen molar-refractivity contribution in [2.75, 3.05) is 13.1 Å². The fourth-order valence-corrected chi connectivity index (χ4v) is 3.57. The first-order chi connectivity index (χ1) is 11.9. The van der Waals surface area contributed by atoms with Crippen molar-refractivity contribution in [3.8, 4) is 5.69 Å². The Bertz CT molecular complexity index is 756. The zero-order valence-corrected chi connectivity index (χ0v) is 13.9. The summed E-state index contributed by atoms with van der Waals surface area (Å²) in [5.74, 6) is 0.712. The predicted octanol–water partition coefficient (Wildman–Crippen LogP) is 4.25. The molecule has 0 aliphatic carbocycles. The number of para-hydroxylation sites is 1. The minimum atomic E-state index is 0.712. The highest BCUT2D eigenvalue weighted by atomic mass is 15.1. The highest BCUT2D eigenvalue weighted by Gasteiger charge is 2.20. The number of hydrogen-bond acceptors (Lipinski definition) is 2. The van der Waals surface area contributed by atoms with Crippen molar-refractivity contribution in [1.82, 2.24) is 14.5 Å². The Morgan fingerprint density at radius 2 is 1.54 bits per heavy atom. The van der Waals surface area contributed by atoms with Crippen LogP contribution in [0.3, 0.4) is 0 Å². The quantitative estimate of drug-likeness (QED) is 0.717. The van der Waals surface area contributed by atoms with Gasteiger partial charge in [0, 0.05) is 18.4 Å². The number of piperidine rings is 1. The third-order valence-electron chi connectivity index (χ3n) is 4.93. The number of rotatable bonds is 4. The normalized spacial score (nSPS) is 16.3. The molecule has 0 unspecified atom stereocenters. The van der Waals surface area contributed by atoms with E-state index in [1.165, 1.54) is 24.1 Å². The van der Waals surface area contributed by atoms with Crippen LogP contribution in [0.15, 0.2) is 73.2 Å². The molecule has 1 fully saturated rings. The van der Waals surface area contributed by atoms with Gasteiger partial charge >= 0.3 is 0 Å². The third kappa shape index (κ3) is 3.41. The molecule has 122 valence electrons. The largest absolute Gasteiger partial charge is 0.306 e. The van der Waals surface area contributed by atoms with Crippen molar-refractivity contribution >= 4 is 0 Å². The summed E-state index contributed by atoms with van der Waals surface area (Å²) in [6.45, 7) is 3.25. The fraction of sp³-hybridized carbons (Fsp3) is 0.286. The summed E-state index contributed by atoms with van der Waals surface area (Å²) < 4.78 is 2.10. The van der Waals surface area contributed by atoms with Crippen LogP contribution in [0.2, 0.25) is 0 Å². The molecule has 1 aliphatic heterocycles. The zero-order valence-electron chi connectivity index (χ0n) is 13.9. The molecule has 2 heterocycles. The van der Waals surface area contributed by atoms with Crippen LogP contribution >= 0.6 is 0 Å². The molecule has 0 spiro atoms. The van der Waals surface area contributed by atoms with Crippen LogP contribution in [-0.4, -0.2) is 27.5 Å². The molecule has 0 amide bonds. The number of hydrogen-bond donors (Lipinski definition) is 0. The first kappa shape index (κ1) is 15.2. The molecule has 0 bridgehead atoms. The maximum atomic E-state index is 4.59. The molecular weight excluding hydrogens is 294 g/mol. The van der Waals surface area contributed by atoms with Gasteiger partial charge in [-0.1, -0.05) is 48.5 Å². The Morgan fingerprint density at radius 3 is 2.25 bits per heavy atom. The second-order valence-electron chi connectivity index (χ2n) is 6.57. The van der Waals surface area contributed by atoms with Crippen molar-refractivity contribution in [3.05, 3.63) is 84.4 Å². The summed E-state index contributed by atoms with van der Waals surface area (Å²) >= 11 is 0. The molecular formula is C21H23N3. The van der Waals surface area contributed by atoms with Crippen LogP contribution in [0.1, 0.15) is 30.0 Å². The Balaban J connectivity index is 1.35. The number of nitrogens with zero attached hydrogens (tertiary/aromatic N) is 3. The molecule has 3 aromatic rings. The molecule has 3 heteroatoms. The van der Waals surface area contributed by atoms with E-state index in [4.69, 9.17) is 0 Å². The van der Waals surface area contributed by atoms with Crippen LogP contribution in [0.4, 0.5) is 0 Å². The second kappa shape index (κ2) is 7.02. The standard InChI is InChI=1S/C21H23N3/c1-3-7-18(8-4-1)19-11-13-23(14-12-19)15-20-16-24(17-22-20)21-9-5-2-6-10-21/h1-10,16-17,19H,11-15H2. The monoisotopic (exact) mass is 317 g/mol. The molecule has 0 saturated carbocycles. The Hall–Kier alpha value is -2.39. The zero-order chi connectivity index (χ0) is 16.2. The number of aromatic nitrogens is 2. The lowest BCUT2D eigenvalue weighted by atomic mass is 9.89. The third-order valence-corrected chi connectivity index (χ3v) is 4.93. The van der Waals surface area contributed by atoms with Crippen LogP contribution < -0.4 is 0 Å². The summed E-state index contributed by atoms with van der Waals surface area (Å²) in [6.07, 6.45) is 6.55. The van der Waals surface area contributed by atoms with E-state index in [9.17, 15) is 0 Å². The van der Waals surface area contributed by atoms with Crippen molar-refractivity contribution in [2.45, 2.75) is 25.3 Å². The predicted molar refractivity (Wildman–Crippen MR) is 97.3 cm³/mol. The number of likely N-dealkylation sites (tertiary alicyclic amines) is 1. The molecule has 0 N–H and O–H groups in total. The topological polar surface area (TPSA) is 21.1 Å². The van der Waals surface area contributed by atoms with Crippen LogP contribution in [0, 0.1) is 0 Å². The van der Waals surface area contributed by atoms with Gasteiger partial charge in [-0.2, -0.15) is 0 Å². The molecule has 1 aliphatic rings. The van der Waals surface area contributed by atoms with Crippen LogP contribution in [0.5, 0.6) is 0 Å². The van der Waals surface area contributed by atoms with E-state index in [0.29, 0.717) is 5.92 Å². The molecule has 1 saturated heterocycles. The molecule has 0 radical (unpaired) electrons. The Kier molecular flexibility index (Phi) is 4.43. The Labute approximate surface area is 143 Å². The maximum absolute atomic E-state index is 4.59. The lowest BCUT2D eigenvalue weighted by Crippen LogP contribution is -2.32. The number of benzene rings is 2. The van der Waals surface area contributed by atoms with Crippen molar-refractivity contribution in [1.29, 1.82) is 0 Å². The van der Waals surface area contributed by atoms with Gasteiger partial charge in [0.1, 0.15) is 0 Å². The van der Waals surface area contributed by atoms with Gasteiger partial charge in [0.15, 0.2) is 0 Å². The lowest BCUT2D eigenvalue weighted by molar-refractivity contribution is 0.203. The summed E-state index contributed by atoms with van der Waals surface area (Å²) in [4.78, 5) is 7.11. The fourth-order valence-electron chi connectivity index (χ4n) is 3.57. The SMILES string of the molecule is c1ccc(C2CCN(Cc3cn(-c4ccccc4)cn3)CC2)cc1. The van der Waals surface area contributed by atoms with E-state index in [1.807, 2.05) is 12.4 Å². The van der Waals surface area contributed by atoms with Crippen molar-refractivity contribution in [2.24, 2.45) is 0 Å². The van der Waals surface area contributed by atoms with Gasteiger partial charge in [-0.15, -0.1) is 0 Å². The first-order valence-corrected chi connectivity index (χ1v) is 8.74. The van der Waals surface area contributed by atoms with Crippen molar-refractivity contribution < 1.29 is 0 Å². The van der Waals surface area contributed by atoms with Crippen molar-refractivity contribution in [3.63, 3.8) is 0 Å². The van der Waals surface area contributed by atoms with Gasteiger partial charge in [-0.3, -0.25) is 4.90 Å². The summed E-state index contributed by atoms with van der Waals surface area (Å²) in [5.41, 5.74) is 3.81. The molecule has 24 heavy (non-hydrogen) atoms. The van der Waals surface area contributed by atoms with E-state index in [1.54, 1.807) is 0 Å². The van der Waals surface area contributed by atoms with Gasteiger partial charge in [-0.05, 0) is 49.5 Å². The van der Waals surface area contributed by atoms with E-state index < -0.39 is 0 Å². The second-order valence-corrected chi connectivity index (χ2v) is 6.57. The smallest absolute Gasteiger partial charge is 0.0995 e. The molecule has 4 rings (SSSR count). The van der Waals surface area contributed by atoms with Gasteiger partial charge < -0.3 is 4.57 Å². The van der Waals surface area contributed by atoms with Crippen LogP contribution in [-0.2, 0) is 6.54 Å². The average molecular weight is 317 g/mol. The van der Waals surface area contributed by atoms with Gasteiger partial charge in [-0.25, -0.2) is 4.98 Å². The van der Waals surface area contributed by atoms with Gasteiger partial charge in [0.2, 0.25) is 0 Å². The maximum Gasteiger partial charge on any atom is 0.0995 e. The van der Waals surface area contributed by atoms with Crippen LogP contribution in [0.25, 0.3) is 5.69 Å². The summed E-state index contributed by atoms with van der Waals surface area (Å²) in [5, 5.41) is 0. The highest BCUT2D eigenvalue weighted by Crippen LogP contribution is 2.28. The van der Waals surface area contributed by atoms with E-state index >= 15 is 0 Å². The molecule has 2 aromatic carbocycles. The molecule has 1 aromatic heterocycles. The molecule has 0 atom stereocenters. The average Bonchev–Trinajstić information content (AvgIpc) is 3.12. The highest BCUT2D eigenvalue weighted by molar-refractivity contribution is 5.31. The lowest BCUT2D eigenvalue weighted by Gasteiger charge is -2.31. The minimum absolute atomic E-state index is 0.712. The first-order valence-electron chi connectivity index (χ1n) is 8.74. The number of imidazole rings is 1. The van der Waals surface area contributed by atoms with E-state index in [-0.39, 0.29) is 0 Å². The molecule has 3 nitrogen and oxygen atoms in total. The Morgan fingerprint density at radius 1 is 0.875 bits per heavy atom. The van der Waals surface area contributed by atoms with Gasteiger partial charge in [0.25, 0.3) is 0 Å². The minimum Gasteiger partial charge on any atom is -0.306 e. The van der Waals surface area contributed by atoms with Gasteiger partial charge in [0.05, 0.1) is 12.0 Å². The summed E-state index contributed by atoms with van der Waals surface area (Å²) in [7, 11) is 0. The summed E-state index contributed by atoms with van der Waals surface area (Å²) in [6, 6.07) is 21.3.